The fourth-order valence-electron chi connectivity index (χ4n) is 2.07. The largest absolute Gasteiger partial charge is 0.351 e. The summed E-state index contributed by atoms with van der Waals surface area (Å²) in [6.45, 7) is 2.48. The number of nitrogens with zero attached hydrogens (tertiary/aromatic N) is 2. The second kappa shape index (κ2) is 8.44. The number of benzene rings is 1. The van der Waals surface area contributed by atoms with E-state index in [2.05, 4.69) is 10.3 Å². The van der Waals surface area contributed by atoms with Crippen LogP contribution in [0.5, 0.6) is 0 Å². The SMILES string of the molecule is CCCC(N)C(=O)NCc1ccccc1-n1ccnc1.Cl. The summed E-state index contributed by atoms with van der Waals surface area (Å²) in [6.07, 6.45) is 6.95. The molecule has 6 heteroatoms. The van der Waals surface area contributed by atoms with Gasteiger partial charge in [0, 0.05) is 18.9 Å². The number of para-hydroxylation sites is 1. The molecule has 1 aromatic heterocycles. The Morgan fingerprint density at radius 3 is 2.86 bits per heavy atom. The van der Waals surface area contributed by atoms with Gasteiger partial charge >= 0.3 is 0 Å². The van der Waals surface area contributed by atoms with E-state index in [0.717, 1.165) is 17.7 Å². The fourth-order valence-corrected chi connectivity index (χ4v) is 2.07. The Morgan fingerprint density at radius 2 is 2.19 bits per heavy atom. The normalized spacial score (nSPS) is 11.5. The van der Waals surface area contributed by atoms with Gasteiger partial charge in [0.05, 0.1) is 18.1 Å². The van der Waals surface area contributed by atoms with Crippen molar-refractivity contribution in [2.45, 2.75) is 32.4 Å². The van der Waals surface area contributed by atoms with E-state index in [0.29, 0.717) is 13.0 Å². The van der Waals surface area contributed by atoms with E-state index in [9.17, 15) is 4.79 Å². The molecule has 1 amide bonds. The zero-order valence-electron chi connectivity index (χ0n) is 12.0. The lowest BCUT2D eigenvalue weighted by Gasteiger charge is -2.14. The van der Waals surface area contributed by atoms with Gasteiger partial charge in [0.25, 0.3) is 0 Å². The standard InChI is InChI=1S/C15H20N4O.ClH/c1-2-5-13(16)15(20)18-10-12-6-3-4-7-14(12)19-9-8-17-11-19;/h3-4,6-9,11,13H,2,5,10,16H2,1H3,(H,18,20);1H. The molecule has 3 N–H and O–H groups in total. The van der Waals surface area contributed by atoms with Gasteiger partial charge < -0.3 is 15.6 Å². The molecule has 21 heavy (non-hydrogen) atoms. The molecule has 0 fully saturated rings. The Balaban J connectivity index is 0.00000220. The number of nitrogens with one attached hydrogen (secondary N) is 1. The van der Waals surface area contributed by atoms with Gasteiger partial charge in [0.1, 0.15) is 0 Å². The Labute approximate surface area is 131 Å². The second-order valence-electron chi connectivity index (χ2n) is 4.71. The van der Waals surface area contributed by atoms with Crippen LogP contribution in [-0.4, -0.2) is 21.5 Å². The van der Waals surface area contributed by atoms with Gasteiger partial charge in [-0.3, -0.25) is 4.79 Å². The average molecular weight is 309 g/mol. The first-order valence-electron chi connectivity index (χ1n) is 6.82. The number of aromatic nitrogens is 2. The summed E-state index contributed by atoms with van der Waals surface area (Å²) in [4.78, 5) is 15.9. The lowest BCUT2D eigenvalue weighted by atomic mass is 10.1. The first kappa shape index (κ1) is 17.2. The third-order valence-electron chi connectivity index (χ3n) is 3.16. The summed E-state index contributed by atoms with van der Waals surface area (Å²) in [5.41, 5.74) is 7.84. The number of halogens is 1. The minimum Gasteiger partial charge on any atom is -0.351 e. The minimum absolute atomic E-state index is 0. The number of imidazole rings is 1. The summed E-state index contributed by atoms with van der Waals surface area (Å²) >= 11 is 0. The Hall–Kier alpha value is -1.85. The van der Waals surface area contributed by atoms with Crippen molar-refractivity contribution in [3.8, 4) is 5.69 Å². The molecule has 114 valence electrons. The predicted octanol–water partition coefficient (Wildman–Crippen LogP) is 2.04. The molecule has 5 nitrogen and oxygen atoms in total. The van der Waals surface area contributed by atoms with Crippen molar-refractivity contribution in [2.75, 3.05) is 0 Å². The van der Waals surface area contributed by atoms with E-state index in [1.54, 1.807) is 12.5 Å². The van der Waals surface area contributed by atoms with Crippen LogP contribution in [0, 0.1) is 0 Å². The third-order valence-corrected chi connectivity index (χ3v) is 3.16. The van der Waals surface area contributed by atoms with Crippen molar-refractivity contribution in [3.63, 3.8) is 0 Å². The van der Waals surface area contributed by atoms with Gasteiger partial charge in [-0.15, -0.1) is 12.4 Å². The molecule has 0 saturated heterocycles. The van der Waals surface area contributed by atoms with Crippen LogP contribution in [0.4, 0.5) is 0 Å². The molecule has 1 atom stereocenters. The highest BCUT2D eigenvalue weighted by molar-refractivity contribution is 5.85. The number of hydrogen-bond acceptors (Lipinski definition) is 3. The van der Waals surface area contributed by atoms with Crippen molar-refractivity contribution in [3.05, 3.63) is 48.5 Å². The van der Waals surface area contributed by atoms with Crippen molar-refractivity contribution >= 4 is 18.3 Å². The number of nitrogens with two attached hydrogens (primary N) is 1. The van der Waals surface area contributed by atoms with Crippen LogP contribution in [0.3, 0.4) is 0 Å². The molecule has 0 aliphatic carbocycles. The van der Waals surface area contributed by atoms with Crippen LogP contribution in [0.15, 0.2) is 43.0 Å². The van der Waals surface area contributed by atoms with Gasteiger partial charge in [-0.05, 0) is 18.1 Å². The topological polar surface area (TPSA) is 72.9 Å². The third kappa shape index (κ3) is 4.58. The Bertz CT molecular complexity index is 557. The zero-order chi connectivity index (χ0) is 14.4. The maximum absolute atomic E-state index is 11.8. The highest BCUT2D eigenvalue weighted by Gasteiger charge is 2.12. The molecule has 1 aromatic carbocycles. The summed E-state index contributed by atoms with van der Waals surface area (Å²) in [5.74, 6) is -0.104. The minimum atomic E-state index is -0.430. The molecule has 0 bridgehead atoms. The molecular formula is C15H21ClN4O. The summed E-state index contributed by atoms with van der Waals surface area (Å²) in [7, 11) is 0. The second-order valence-corrected chi connectivity index (χ2v) is 4.71. The zero-order valence-corrected chi connectivity index (χ0v) is 12.8. The highest BCUT2D eigenvalue weighted by Crippen LogP contribution is 2.13. The Kier molecular flexibility index (Phi) is 6.91. The molecule has 0 aliphatic heterocycles. The van der Waals surface area contributed by atoms with Crippen molar-refractivity contribution in [1.82, 2.24) is 14.9 Å². The van der Waals surface area contributed by atoms with Crippen LogP contribution < -0.4 is 11.1 Å². The van der Waals surface area contributed by atoms with Gasteiger partial charge in [-0.2, -0.15) is 0 Å². The highest BCUT2D eigenvalue weighted by atomic mass is 35.5. The predicted molar refractivity (Wildman–Crippen MR) is 85.5 cm³/mol. The number of hydrogen-bond donors (Lipinski definition) is 2. The monoisotopic (exact) mass is 308 g/mol. The smallest absolute Gasteiger partial charge is 0.237 e. The first-order valence-corrected chi connectivity index (χ1v) is 6.82. The van der Waals surface area contributed by atoms with Crippen molar-refractivity contribution < 1.29 is 4.79 Å². The quantitative estimate of drug-likeness (QED) is 0.857. The number of amides is 1. The molecule has 0 radical (unpaired) electrons. The molecule has 0 saturated carbocycles. The lowest BCUT2D eigenvalue weighted by Crippen LogP contribution is -2.40. The van der Waals surface area contributed by atoms with Crippen LogP contribution in [0.1, 0.15) is 25.3 Å². The molecule has 2 rings (SSSR count). The molecule has 1 heterocycles. The molecular weight excluding hydrogens is 288 g/mol. The van der Waals surface area contributed by atoms with Gasteiger partial charge in [0.2, 0.25) is 5.91 Å². The average Bonchev–Trinajstić information content (AvgIpc) is 2.99. The van der Waals surface area contributed by atoms with Crippen LogP contribution in [0.2, 0.25) is 0 Å². The van der Waals surface area contributed by atoms with Gasteiger partial charge in [0.15, 0.2) is 0 Å². The van der Waals surface area contributed by atoms with Crippen LogP contribution in [-0.2, 0) is 11.3 Å². The maximum atomic E-state index is 11.8. The summed E-state index contributed by atoms with van der Waals surface area (Å²) < 4.78 is 1.92. The molecule has 0 aliphatic rings. The van der Waals surface area contributed by atoms with E-state index < -0.39 is 6.04 Å². The maximum Gasteiger partial charge on any atom is 0.237 e. The Morgan fingerprint density at radius 1 is 1.43 bits per heavy atom. The first-order chi connectivity index (χ1) is 9.72. The number of carbonyl (C=O) groups excluding carboxylic acids is 1. The molecule has 1 unspecified atom stereocenters. The molecule has 0 spiro atoms. The summed E-state index contributed by atoms with van der Waals surface area (Å²) in [5, 5.41) is 2.89. The van der Waals surface area contributed by atoms with Crippen molar-refractivity contribution in [2.24, 2.45) is 5.73 Å². The van der Waals surface area contributed by atoms with Gasteiger partial charge in [-0.1, -0.05) is 31.5 Å². The van der Waals surface area contributed by atoms with Gasteiger partial charge in [-0.25, -0.2) is 4.98 Å². The molecule has 2 aromatic rings. The number of rotatable bonds is 6. The van der Waals surface area contributed by atoms with E-state index in [4.69, 9.17) is 5.73 Å². The van der Waals surface area contributed by atoms with Crippen LogP contribution in [0.25, 0.3) is 5.69 Å². The van der Waals surface area contributed by atoms with E-state index in [-0.39, 0.29) is 18.3 Å². The van der Waals surface area contributed by atoms with E-state index >= 15 is 0 Å². The fraction of sp³-hybridized carbons (Fsp3) is 0.333. The summed E-state index contributed by atoms with van der Waals surface area (Å²) in [6, 6.07) is 7.47. The van der Waals surface area contributed by atoms with E-state index in [1.807, 2.05) is 42.0 Å². The van der Waals surface area contributed by atoms with Crippen molar-refractivity contribution in [1.29, 1.82) is 0 Å². The lowest BCUT2D eigenvalue weighted by molar-refractivity contribution is -0.122. The number of carbonyl (C=O) groups is 1. The van der Waals surface area contributed by atoms with Crippen LogP contribution >= 0.6 is 12.4 Å². The van der Waals surface area contributed by atoms with E-state index in [1.165, 1.54) is 0 Å².